The topological polar surface area (TPSA) is 64.6 Å². The molecule has 5 nitrogen and oxygen atoms in total. The lowest BCUT2D eigenvalue weighted by molar-refractivity contribution is 0.235. The number of rotatable bonds is 5. The molecule has 1 N–H and O–H groups in total. The van der Waals surface area contributed by atoms with E-state index in [0.717, 1.165) is 23.1 Å². The third kappa shape index (κ3) is 3.29. The van der Waals surface area contributed by atoms with Gasteiger partial charge in [-0.25, -0.2) is 5.48 Å². The number of methoxy groups -OCH3 is 1. The maximum absolute atomic E-state index is 12.3. The minimum Gasteiger partial charge on any atom is -0.499 e. The smallest absolute Gasteiger partial charge is 0.317 e. The summed E-state index contributed by atoms with van der Waals surface area (Å²) in [6, 6.07) is 14.3. The van der Waals surface area contributed by atoms with Crippen molar-refractivity contribution in [1.82, 2.24) is 5.48 Å². The van der Waals surface area contributed by atoms with Crippen LogP contribution in [0.2, 0.25) is 0 Å². The van der Waals surface area contributed by atoms with Crippen LogP contribution in [0.3, 0.4) is 0 Å². The zero-order chi connectivity index (χ0) is 17.2. The summed E-state index contributed by atoms with van der Waals surface area (Å²) < 4.78 is 35.1. The minimum atomic E-state index is -3.91. The van der Waals surface area contributed by atoms with Gasteiger partial charge in [-0.3, -0.25) is 0 Å². The average molecular weight is 345 g/mol. The Morgan fingerprint density at radius 2 is 1.71 bits per heavy atom. The molecular formula is C18H19NO4S. The van der Waals surface area contributed by atoms with Gasteiger partial charge in [0.2, 0.25) is 0 Å². The highest BCUT2D eigenvalue weighted by Crippen LogP contribution is 2.30. The zero-order valence-electron chi connectivity index (χ0n) is 13.6. The van der Waals surface area contributed by atoms with E-state index < -0.39 is 10.1 Å². The van der Waals surface area contributed by atoms with Gasteiger partial charge in [0.1, 0.15) is 11.5 Å². The van der Waals surface area contributed by atoms with E-state index in [1.165, 1.54) is 12.1 Å². The average Bonchev–Trinajstić information content (AvgIpc) is 2.60. The second kappa shape index (κ2) is 6.67. The van der Waals surface area contributed by atoms with Crippen molar-refractivity contribution < 1.29 is 17.4 Å². The van der Waals surface area contributed by atoms with Crippen LogP contribution >= 0.6 is 0 Å². The third-order valence-corrected chi connectivity index (χ3v) is 5.15. The van der Waals surface area contributed by atoms with Crippen LogP contribution in [0.4, 0.5) is 0 Å². The maximum Gasteiger partial charge on any atom is 0.317 e. The fraction of sp³-hybridized carbons (Fsp3) is 0.222. The zero-order valence-corrected chi connectivity index (χ0v) is 14.4. The highest BCUT2D eigenvalue weighted by atomic mass is 32.2. The van der Waals surface area contributed by atoms with Crippen molar-refractivity contribution in [3.8, 4) is 0 Å². The third-order valence-electron chi connectivity index (χ3n) is 4.00. The molecule has 0 saturated heterocycles. The van der Waals surface area contributed by atoms with Crippen LogP contribution in [0.5, 0.6) is 0 Å². The van der Waals surface area contributed by atoms with Gasteiger partial charge in [0.15, 0.2) is 0 Å². The van der Waals surface area contributed by atoms with Crippen LogP contribution in [-0.2, 0) is 25.6 Å². The van der Waals surface area contributed by atoms with Crippen LogP contribution in [0.1, 0.15) is 23.1 Å². The number of hydroxylamine groups is 1. The summed E-state index contributed by atoms with van der Waals surface area (Å²) in [5.74, 6) is 0.674. The molecule has 1 aliphatic carbocycles. The maximum atomic E-state index is 12.3. The molecule has 0 aliphatic heterocycles. The van der Waals surface area contributed by atoms with E-state index in [-0.39, 0.29) is 4.90 Å². The van der Waals surface area contributed by atoms with E-state index in [1.807, 2.05) is 31.2 Å². The van der Waals surface area contributed by atoms with Gasteiger partial charge in [-0.15, -0.1) is 4.28 Å². The largest absolute Gasteiger partial charge is 0.499 e. The molecule has 0 bridgehead atoms. The Hall–Kier alpha value is -2.31. The van der Waals surface area contributed by atoms with E-state index in [4.69, 9.17) is 9.02 Å². The fourth-order valence-electron chi connectivity index (χ4n) is 2.67. The Morgan fingerprint density at radius 3 is 2.42 bits per heavy atom. The van der Waals surface area contributed by atoms with E-state index in [0.29, 0.717) is 17.9 Å². The Bertz CT molecular complexity index is 870. The molecule has 0 amide bonds. The van der Waals surface area contributed by atoms with Crippen molar-refractivity contribution in [2.24, 2.45) is 0 Å². The monoisotopic (exact) mass is 345 g/mol. The molecule has 0 unspecified atom stereocenters. The van der Waals surface area contributed by atoms with Gasteiger partial charge >= 0.3 is 10.1 Å². The molecule has 2 aromatic carbocycles. The summed E-state index contributed by atoms with van der Waals surface area (Å²) in [6.07, 6.45) is 1.53. The molecule has 3 rings (SSSR count). The molecule has 126 valence electrons. The standard InChI is InChI=1S/C18H19NO4S/c1-13-7-10-15(11-8-13)24(20,21)23-19-18-16-6-4-3-5-14(16)9-12-17(18)22-2/h3-8,10-11,19H,9,12H2,1-2H3. The number of hydrogen-bond donors (Lipinski definition) is 1. The summed E-state index contributed by atoms with van der Waals surface area (Å²) in [4.78, 5) is 0.101. The van der Waals surface area contributed by atoms with Crippen molar-refractivity contribution in [3.05, 3.63) is 71.0 Å². The molecule has 0 heterocycles. The first kappa shape index (κ1) is 16.5. The lowest BCUT2D eigenvalue weighted by atomic mass is 9.94. The first-order valence-corrected chi connectivity index (χ1v) is 9.03. The summed E-state index contributed by atoms with van der Waals surface area (Å²) in [6.45, 7) is 1.89. The van der Waals surface area contributed by atoms with E-state index >= 15 is 0 Å². The Balaban J connectivity index is 1.87. The molecule has 6 heteroatoms. The number of hydrogen-bond acceptors (Lipinski definition) is 5. The fourth-order valence-corrected chi connectivity index (χ4v) is 3.43. The van der Waals surface area contributed by atoms with E-state index in [2.05, 4.69) is 5.48 Å². The van der Waals surface area contributed by atoms with Crippen molar-refractivity contribution in [1.29, 1.82) is 0 Å². The van der Waals surface area contributed by atoms with Crippen molar-refractivity contribution >= 4 is 15.8 Å². The quantitative estimate of drug-likeness (QED) is 0.843. The molecule has 24 heavy (non-hydrogen) atoms. The molecule has 0 saturated carbocycles. The molecule has 0 spiro atoms. The van der Waals surface area contributed by atoms with Gasteiger partial charge in [0, 0.05) is 12.0 Å². The molecule has 2 aromatic rings. The Kier molecular flexibility index (Phi) is 4.59. The predicted molar refractivity (Wildman–Crippen MR) is 91.3 cm³/mol. The van der Waals surface area contributed by atoms with E-state index in [9.17, 15) is 8.42 Å². The summed E-state index contributed by atoms with van der Waals surface area (Å²) in [7, 11) is -2.34. The van der Waals surface area contributed by atoms with Crippen molar-refractivity contribution in [2.45, 2.75) is 24.7 Å². The molecule has 0 aromatic heterocycles. The molecule has 0 fully saturated rings. The molecule has 0 atom stereocenters. The van der Waals surface area contributed by atoms with Crippen LogP contribution < -0.4 is 5.48 Å². The van der Waals surface area contributed by atoms with Gasteiger partial charge in [0.25, 0.3) is 0 Å². The van der Waals surface area contributed by atoms with Crippen LogP contribution in [0.15, 0.2) is 59.2 Å². The number of benzene rings is 2. The van der Waals surface area contributed by atoms with Crippen LogP contribution in [0, 0.1) is 6.92 Å². The molecule has 0 radical (unpaired) electrons. The molecular weight excluding hydrogens is 326 g/mol. The van der Waals surface area contributed by atoms with Crippen molar-refractivity contribution in [2.75, 3.05) is 7.11 Å². The lowest BCUT2D eigenvalue weighted by Crippen LogP contribution is -2.23. The first-order chi connectivity index (χ1) is 11.5. The summed E-state index contributed by atoms with van der Waals surface area (Å²) in [5, 5.41) is 0. The summed E-state index contributed by atoms with van der Waals surface area (Å²) in [5.41, 5.74) is 6.14. The number of allylic oxidation sites excluding steroid dienone is 1. The van der Waals surface area contributed by atoms with Gasteiger partial charge in [-0.1, -0.05) is 42.0 Å². The van der Waals surface area contributed by atoms with Crippen LogP contribution in [-0.4, -0.2) is 15.5 Å². The molecule has 1 aliphatic rings. The number of ether oxygens (including phenoxy) is 1. The second-order valence-electron chi connectivity index (χ2n) is 5.61. The minimum absolute atomic E-state index is 0.101. The Morgan fingerprint density at radius 1 is 1.00 bits per heavy atom. The predicted octanol–water partition coefficient (Wildman–Crippen LogP) is 3.17. The normalized spacial score (nSPS) is 14.2. The van der Waals surface area contributed by atoms with Crippen molar-refractivity contribution in [3.63, 3.8) is 0 Å². The number of fused-ring (bicyclic) bond motifs is 1. The first-order valence-electron chi connectivity index (χ1n) is 7.63. The van der Waals surface area contributed by atoms with Gasteiger partial charge < -0.3 is 4.74 Å². The summed E-state index contributed by atoms with van der Waals surface area (Å²) >= 11 is 0. The number of aryl methyl sites for hydroxylation is 2. The van der Waals surface area contributed by atoms with E-state index in [1.54, 1.807) is 19.2 Å². The number of nitrogens with one attached hydrogen (secondary N) is 1. The highest BCUT2D eigenvalue weighted by molar-refractivity contribution is 7.86. The highest BCUT2D eigenvalue weighted by Gasteiger charge is 2.23. The van der Waals surface area contributed by atoms with Gasteiger partial charge in [0.05, 0.1) is 12.0 Å². The van der Waals surface area contributed by atoms with Gasteiger partial charge in [-0.05, 0) is 31.0 Å². The Labute approximate surface area is 142 Å². The van der Waals surface area contributed by atoms with Gasteiger partial charge in [-0.2, -0.15) is 8.42 Å². The second-order valence-corrected chi connectivity index (χ2v) is 7.16. The lowest BCUT2D eigenvalue weighted by Gasteiger charge is -2.22. The van der Waals surface area contributed by atoms with Crippen LogP contribution in [0.25, 0.3) is 5.70 Å². The SMILES string of the molecule is COC1=C(NOS(=O)(=O)c2ccc(C)cc2)c2ccccc2CC1.